The van der Waals surface area contributed by atoms with E-state index in [9.17, 15) is 0 Å². The Labute approximate surface area is 186 Å². The number of nitrogens with one attached hydrogen (secondary N) is 2. The second-order valence-corrected chi connectivity index (χ2v) is 5.91. The van der Waals surface area contributed by atoms with Gasteiger partial charge in [0.05, 0.1) is 22.8 Å². The molecule has 8 heteroatoms. The first kappa shape index (κ1) is 23.8. The molecule has 0 saturated heterocycles. The monoisotopic (exact) mass is 454 g/mol. The van der Waals surface area contributed by atoms with E-state index in [4.69, 9.17) is 0 Å². The summed E-state index contributed by atoms with van der Waals surface area (Å²) in [6.45, 7) is 0. The lowest BCUT2D eigenvalue weighted by atomic mass is 10.3. The second kappa shape index (κ2) is 9.80. The van der Waals surface area contributed by atoms with Crippen LogP contribution >= 0.6 is 49.6 Å². The molecule has 0 atom stereocenters. The molecule has 0 fully saturated rings. The van der Waals surface area contributed by atoms with Crippen LogP contribution in [0.15, 0.2) is 48.5 Å². The molecule has 0 radical (unpaired) electrons. The van der Waals surface area contributed by atoms with Crippen molar-refractivity contribution in [3.05, 3.63) is 71.3 Å². The largest absolute Gasteiger partial charge is 0.355 e. The van der Waals surface area contributed by atoms with Crippen molar-refractivity contribution in [1.82, 2.24) is 19.9 Å². The van der Waals surface area contributed by atoms with Crippen LogP contribution in [0.5, 0.6) is 0 Å². The number of hydrogen-bond acceptors (Lipinski definition) is 2. The number of aromatic amines is 2. The van der Waals surface area contributed by atoms with E-state index in [0.717, 1.165) is 44.8 Å². The van der Waals surface area contributed by atoms with E-state index >= 15 is 0 Å². The van der Waals surface area contributed by atoms with Crippen LogP contribution in [0.3, 0.4) is 0 Å². The minimum Gasteiger partial charge on any atom is -0.355 e. The van der Waals surface area contributed by atoms with E-state index in [0.29, 0.717) is 0 Å². The molecule has 3 aromatic rings. The number of rotatable bonds is 0. The maximum absolute atomic E-state index is 4.62. The topological polar surface area (TPSA) is 57.4 Å². The maximum Gasteiger partial charge on any atom is 0.0659 e. The third kappa shape index (κ3) is 4.97. The van der Waals surface area contributed by atoms with Crippen molar-refractivity contribution in [3.63, 3.8) is 0 Å². The Kier molecular flexibility index (Phi) is 8.33. The van der Waals surface area contributed by atoms with Gasteiger partial charge in [0.25, 0.3) is 0 Å². The van der Waals surface area contributed by atoms with E-state index in [1.165, 1.54) is 0 Å². The average Bonchev–Trinajstić information content (AvgIpc) is 3.32. The van der Waals surface area contributed by atoms with Crippen molar-refractivity contribution in [3.8, 4) is 0 Å². The molecule has 0 spiro atoms. The predicted molar refractivity (Wildman–Crippen MR) is 128 cm³/mol. The van der Waals surface area contributed by atoms with E-state index in [1.807, 2.05) is 42.5 Å². The van der Waals surface area contributed by atoms with Gasteiger partial charge in [-0.2, -0.15) is 0 Å². The summed E-state index contributed by atoms with van der Waals surface area (Å²) in [6, 6.07) is 16.4. The van der Waals surface area contributed by atoms with Crippen LogP contribution < -0.4 is 0 Å². The number of aromatic nitrogens is 4. The lowest BCUT2D eigenvalue weighted by Gasteiger charge is -1.86. The molecule has 0 amide bonds. The fourth-order valence-electron chi connectivity index (χ4n) is 2.94. The summed E-state index contributed by atoms with van der Waals surface area (Å²) in [5, 5.41) is 0. The van der Waals surface area contributed by atoms with Crippen LogP contribution in [0.4, 0.5) is 0 Å². The van der Waals surface area contributed by atoms with Gasteiger partial charge in [-0.1, -0.05) is 0 Å². The fraction of sp³-hybridized carbons (Fsp3) is 0. The summed E-state index contributed by atoms with van der Waals surface area (Å²) in [5.41, 5.74) is 7.86. The van der Waals surface area contributed by atoms with Gasteiger partial charge < -0.3 is 9.97 Å². The van der Waals surface area contributed by atoms with E-state index < -0.39 is 0 Å². The van der Waals surface area contributed by atoms with Gasteiger partial charge in [0, 0.05) is 22.1 Å². The summed E-state index contributed by atoms with van der Waals surface area (Å²) in [4.78, 5) is 16.0. The van der Waals surface area contributed by atoms with Gasteiger partial charge >= 0.3 is 0 Å². The van der Waals surface area contributed by atoms with Gasteiger partial charge in [-0.25, -0.2) is 9.97 Å². The Balaban J connectivity index is 0.000000980. The van der Waals surface area contributed by atoms with Gasteiger partial charge in [-0.3, -0.25) is 0 Å². The first-order valence-electron chi connectivity index (χ1n) is 7.85. The number of hydrogen-bond donors (Lipinski definition) is 2. The zero-order valence-electron chi connectivity index (χ0n) is 14.5. The number of H-pyrrole nitrogens is 2. The molecule has 0 unspecified atom stereocenters. The molecule has 146 valence electrons. The molecule has 4 nitrogen and oxygen atoms in total. The Morgan fingerprint density at radius 1 is 0.429 bits per heavy atom. The normalized spacial score (nSPS) is 10.9. The highest BCUT2D eigenvalue weighted by molar-refractivity contribution is 5.86. The minimum atomic E-state index is 0. The quantitative estimate of drug-likeness (QED) is 0.286. The van der Waals surface area contributed by atoms with Crippen molar-refractivity contribution < 1.29 is 0 Å². The molecule has 0 saturated carbocycles. The van der Waals surface area contributed by atoms with E-state index in [2.05, 4.69) is 50.3 Å². The Bertz CT molecular complexity index is 1090. The van der Waals surface area contributed by atoms with Crippen LogP contribution in [0.1, 0.15) is 22.8 Å². The van der Waals surface area contributed by atoms with Crippen LogP contribution in [-0.2, 0) is 0 Å². The van der Waals surface area contributed by atoms with Crippen LogP contribution in [0.2, 0.25) is 0 Å². The molecule has 2 N–H and O–H groups in total. The van der Waals surface area contributed by atoms with Crippen molar-refractivity contribution in [2.24, 2.45) is 0 Å². The van der Waals surface area contributed by atoms with Crippen molar-refractivity contribution in [2.45, 2.75) is 0 Å². The zero-order chi connectivity index (χ0) is 15.9. The molecule has 28 heavy (non-hydrogen) atoms. The van der Waals surface area contributed by atoms with Gasteiger partial charge in [0.2, 0.25) is 0 Å². The van der Waals surface area contributed by atoms with Crippen molar-refractivity contribution in [1.29, 1.82) is 0 Å². The summed E-state index contributed by atoms with van der Waals surface area (Å²) >= 11 is 0. The van der Waals surface area contributed by atoms with E-state index in [1.54, 1.807) is 0 Å². The number of fused-ring (bicyclic) bond motifs is 8. The third-order valence-electron chi connectivity index (χ3n) is 4.04. The van der Waals surface area contributed by atoms with Crippen molar-refractivity contribution >= 4 is 96.0 Å². The summed E-state index contributed by atoms with van der Waals surface area (Å²) < 4.78 is 0. The first-order valence-corrected chi connectivity index (χ1v) is 7.85. The van der Waals surface area contributed by atoms with Crippen molar-refractivity contribution in [2.75, 3.05) is 0 Å². The second-order valence-electron chi connectivity index (χ2n) is 5.91. The molecule has 2 aliphatic rings. The van der Waals surface area contributed by atoms with Gasteiger partial charge in [0.15, 0.2) is 0 Å². The first-order chi connectivity index (χ1) is 11.8. The third-order valence-corrected chi connectivity index (χ3v) is 4.04. The number of halogens is 4. The minimum absolute atomic E-state index is 0. The lowest BCUT2D eigenvalue weighted by molar-refractivity contribution is 1.28. The average molecular weight is 456 g/mol. The highest BCUT2D eigenvalue weighted by Gasteiger charge is 2.02. The molecule has 0 aliphatic carbocycles. The molecule has 2 aliphatic heterocycles. The summed E-state index contributed by atoms with van der Waals surface area (Å²) in [7, 11) is 0. The molecular weight excluding hydrogens is 438 g/mol. The Morgan fingerprint density at radius 3 is 1.14 bits per heavy atom. The maximum atomic E-state index is 4.62. The smallest absolute Gasteiger partial charge is 0.0659 e. The molecule has 8 bridgehead atoms. The van der Waals surface area contributed by atoms with Crippen LogP contribution in [0.25, 0.3) is 46.4 Å². The Hall–Kier alpha value is -2.24. The van der Waals surface area contributed by atoms with Gasteiger partial charge in [-0.05, 0) is 72.8 Å². The SMILES string of the molecule is C1=Cc2cc3ccc(cc4ccc(cc5nc(cc1n2)C=C5)[nH]4)[nH]3.Cl.Cl.Cl.Cl. The van der Waals surface area contributed by atoms with Gasteiger partial charge in [-0.15, -0.1) is 49.6 Å². The molecule has 0 aromatic carbocycles. The summed E-state index contributed by atoms with van der Waals surface area (Å²) in [6.07, 6.45) is 8.05. The fourth-order valence-corrected chi connectivity index (χ4v) is 2.94. The van der Waals surface area contributed by atoms with Crippen LogP contribution in [-0.4, -0.2) is 19.9 Å². The molecular formula is C20H18Cl4N4. The van der Waals surface area contributed by atoms with Crippen LogP contribution in [0, 0.1) is 0 Å². The highest BCUT2D eigenvalue weighted by atomic mass is 35.5. The molecule has 5 rings (SSSR count). The van der Waals surface area contributed by atoms with Gasteiger partial charge in [0.1, 0.15) is 0 Å². The standard InChI is InChI=1S/C20H14N4.4ClH/c1-2-14-10-16-5-6-18(23-16)12-20-8-7-19(24-20)11-17-4-3-15(22-17)9-13(1)21-14;;;;/h1-12,21-22H;4*1H. The van der Waals surface area contributed by atoms with E-state index in [-0.39, 0.29) is 49.6 Å². The lowest BCUT2D eigenvalue weighted by Crippen LogP contribution is -1.77. The Morgan fingerprint density at radius 2 is 0.750 bits per heavy atom. The predicted octanol–water partition coefficient (Wildman–Crippen LogP) is 6.34. The molecule has 3 aromatic heterocycles. The number of nitrogens with zero attached hydrogens (tertiary/aromatic N) is 2. The summed E-state index contributed by atoms with van der Waals surface area (Å²) in [5.74, 6) is 0. The zero-order valence-corrected chi connectivity index (χ0v) is 17.7. The molecule has 5 heterocycles. The highest BCUT2D eigenvalue weighted by Crippen LogP contribution is 2.17.